The summed E-state index contributed by atoms with van der Waals surface area (Å²) >= 11 is 0. The molecule has 0 bridgehead atoms. The Morgan fingerprint density at radius 1 is 1.55 bits per heavy atom. The summed E-state index contributed by atoms with van der Waals surface area (Å²) in [5.74, 6) is -0.144. The average molecular weight is 177 g/mol. The van der Waals surface area contributed by atoms with Crippen LogP contribution < -0.4 is 5.32 Å². The van der Waals surface area contributed by atoms with Crippen LogP contribution in [0, 0.1) is 0 Å². The predicted molar refractivity (Wildman–Crippen MR) is 48.6 cm³/mol. The number of rotatable bonds is 5. The molecule has 0 rings (SSSR count). The van der Waals surface area contributed by atoms with Crippen LogP contribution in [0.2, 0.25) is 0 Å². The summed E-state index contributed by atoms with van der Waals surface area (Å²) in [7, 11) is 4.05. The highest BCUT2D eigenvalue weighted by Crippen LogP contribution is 2.05. The first-order valence-electron chi connectivity index (χ1n) is 3.61. The number of nitrogens with one attached hydrogen (secondary N) is 1. The summed E-state index contributed by atoms with van der Waals surface area (Å²) in [5, 5.41) is 3.07. The van der Waals surface area contributed by atoms with Gasteiger partial charge in [-0.25, -0.2) is 0 Å². The molecule has 0 spiro atoms. The van der Waals surface area contributed by atoms with Crippen LogP contribution in [-0.4, -0.2) is 31.3 Å². The van der Waals surface area contributed by atoms with E-state index in [1.54, 1.807) is 7.11 Å². The Morgan fingerprint density at radius 3 is 2.36 bits per heavy atom. The van der Waals surface area contributed by atoms with E-state index in [1.165, 1.54) is 0 Å². The van der Waals surface area contributed by atoms with Crippen molar-refractivity contribution in [2.75, 3.05) is 7.11 Å². The normalized spacial score (nSPS) is 16.5. The van der Waals surface area contributed by atoms with Crippen molar-refractivity contribution in [1.29, 1.82) is 0 Å². The smallest absolute Gasteiger partial charge is 0.139 e. The minimum absolute atomic E-state index is 0.144. The molecular weight excluding hydrogens is 161 g/mol. The van der Waals surface area contributed by atoms with Crippen molar-refractivity contribution in [3.63, 3.8) is 0 Å². The summed E-state index contributed by atoms with van der Waals surface area (Å²) in [6.45, 7) is 3.98. The molecule has 0 saturated carbocycles. The van der Waals surface area contributed by atoms with Crippen LogP contribution in [0.4, 0.5) is 0 Å². The Bertz CT molecular complexity index is 119. The standard InChI is InChI=1S/C7H16NO2P/c1-5(2)8-6(4-9)7(11)10-3/h4-8H,11H2,1-3H3. The van der Waals surface area contributed by atoms with Gasteiger partial charge in [0.1, 0.15) is 6.29 Å². The third kappa shape index (κ3) is 4.46. The van der Waals surface area contributed by atoms with Gasteiger partial charge < -0.3 is 14.8 Å². The lowest BCUT2D eigenvalue weighted by atomic mass is 10.3. The molecule has 0 heterocycles. The van der Waals surface area contributed by atoms with E-state index in [9.17, 15) is 4.79 Å². The second-order valence-electron chi connectivity index (χ2n) is 2.68. The maximum absolute atomic E-state index is 10.5. The second kappa shape index (κ2) is 5.64. The summed E-state index contributed by atoms with van der Waals surface area (Å²) in [6.07, 6.45) is 0.862. The first kappa shape index (κ1) is 11.0. The van der Waals surface area contributed by atoms with Crippen molar-refractivity contribution in [3.8, 4) is 0 Å². The monoisotopic (exact) mass is 177 g/mol. The van der Waals surface area contributed by atoms with Crippen LogP contribution >= 0.6 is 9.24 Å². The molecule has 1 N–H and O–H groups in total. The molecule has 3 atom stereocenters. The van der Waals surface area contributed by atoms with Crippen molar-refractivity contribution >= 4 is 15.5 Å². The maximum atomic E-state index is 10.5. The predicted octanol–water partition coefficient (Wildman–Crippen LogP) is 0.399. The fourth-order valence-electron chi connectivity index (χ4n) is 0.743. The van der Waals surface area contributed by atoms with Gasteiger partial charge in [-0.15, -0.1) is 9.24 Å². The van der Waals surface area contributed by atoms with E-state index in [2.05, 4.69) is 14.6 Å². The van der Waals surface area contributed by atoms with E-state index in [1.807, 2.05) is 13.8 Å². The van der Waals surface area contributed by atoms with Gasteiger partial charge in [-0.05, 0) is 0 Å². The topological polar surface area (TPSA) is 38.3 Å². The second-order valence-corrected chi connectivity index (χ2v) is 3.34. The first-order valence-corrected chi connectivity index (χ1v) is 4.28. The molecule has 0 aromatic carbocycles. The molecule has 0 aliphatic heterocycles. The van der Waals surface area contributed by atoms with Crippen LogP contribution in [0.1, 0.15) is 13.8 Å². The fraction of sp³-hybridized carbons (Fsp3) is 0.857. The molecule has 0 radical (unpaired) electrons. The van der Waals surface area contributed by atoms with Crippen molar-refractivity contribution in [1.82, 2.24) is 5.32 Å². The molecule has 3 nitrogen and oxygen atoms in total. The van der Waals surface area contributed by atoms with Crippen LogP contribution in [0.3, 0.4) is 0 Å². The zero-order chi connectivity index (χ0) is 8.85. The number of carbonyl (C=O) groups excluding carboxylic acids is 1. The average Bonchev–Trinajstić information content (AvgIpc) is 1.98. The van der Waals surface area contributed by atoms with E-state index < -0.39 is 0 Å². The maximum Gasteiger partial charge on any atom is 0.139 e. The number of ether oxygens (including phenoxy) is 1. The van der Waals surface area contributed by atoms with Gasteiger partial charge in [0.05, 0.1) is 11.9 Å². The molecule has 0 amide bonds. The summed E-state index contributed by atoms with van der Waals surface area (Å²) < 4.78 is 4.97. The minimum atomic E-state index is -0.231. The molecule has 3 unspecified atom stereocenters. The van der Waals surface area contributed by atoms with Gasteiger partial charge in [0, 0.05) is 13.2 Å². The highest BCUT2D eigenvalue weighted by molar-refractivity contribution is 7.17. The fourth-order valence-corrected chi connectivity index (χ4v) is 0.945. The summed E-state index contributed by atoms with van der Waals surface area (Å²) in [6, 6.07) is 0.0633. The number of methoxy groups -OCH3 is 1. The Kier molecular flexibility index (Phi) is 5.65. The first-order chi connectivity index (χ1) is 5.11. The van der Waals surface area contributed by atoms with Crippen molar-refractivity contribution in [2.24, 2.45) is 0 Å². The summed E-state index contributed by atoms with van der Waals surface area (Å²) in [5.41, 5.74) is 0. The van der Waals surface area contributed by atoms with Crippen LogP contribution in [-0.2, 0) is 9.53 Å². The molecule has 0 saturated heterocycles. The largest absolute Gasteiger partial charge is 0.375 e. The zero-order valence-corrected chi connectivity index (χ0v) is 8.36. The van der Waals surface area contributed by atoms with Gasteiger partial charge in [0.25, 0.3) is 0 Å². The third-order valence-corrected chi connectivity index (χ3v) is 1.99. The zero-order valence-electron chi connectivity index (χ0n) is 7.20. The van der Waals surface area contributed by atoms with Gasteiger partial charge in [0.15, 0.2) is 0 Å². The van der Waals surface area contributed by atoms with Crippen molar-refractivity contribution in [2.45, 2.75) is 31.8 Å². The SMILES string of the molecule is COC(P)C(C=O)NC(C)C. The van der Waals surface area contributed by atoms with Gasteiger partial charge >= 0.3 is 0 Å². The lowest BCUT2D eigenvalue weighted by molar-refractivity contribution is -0.111. The third-order valence-electron chi connectivity index (χ3n) is 1.30. The van der Waals surface area contributed by atoms with E-state index in [4.69, 9.17) is 4.74 Å². The van der Waals surface area contributed by atoms with Crippen LogP contribution in [0.25, 0.3) is 0 Å². The molecule has 4 heteroatoms. The van der Waals surface area contributed by atoms with E-state index in [0.717, 1.165) is 6.29 Å². The van der Waals surface area contributed by atoms with E-state index >= 15 is 0 Å². The van der Waals surface area contributed by atoms with Gasteiger partial charge in [-0.3, -0.25) is 0 Å². The molecule has 66 valence electrons. The number of hydrogen-bond donors (Lipinski definition) is 1. The number of hydrogen-bond acceptors (Lipinski definition) is 3. The van der Waals surface area contributed by atoms with Crippen molar-refractivity contribution in [3.05, 3.63) is 0 Å². The molecule has 0 aliphatic carbocycles. The van der Waals surface area contributed by atoms with E-state index in [-0.39, 0.29) is 11.9 Å². The molecule has 0 aromatic rings. The van der Waals surface area contributed by atoms with Crippen LogP contribution in [0.5, 0.6) is 0 Å². The Balaban J connectivity index is 3.84. The highest BCUT2D eigenvalue weighted by Gasteiger charge is 2.15. The molecule has 0 aliphatic rings. The highest BCUT2D eigenvalue weighted by atomic mass is 31.0. The Labute approximate surface area is 70.1 Å². The van der Waals surface area contributed by atoms with Crippen molar-refractivity contribution < 1.29 is 9.53 Å². The molecule has 0 aromatic heterocycles. The van der Waals surface area contributed by atoms with Gasteiger partial charge in [0.2, 0.25) is 0 Å². The minimum Gasteiger partial charge on any atom is -0.375 e. The Hall–Kier alpha value is 0.0200. The van der Waals surface area contributed by atoms with Gasteiger partial charge in [-0.1, -0.05) is 13.8 Å². The molecule has 11 heavy (non-hydrogen) atoms. The lowest BCUT2D eigenvalue weighted by Crippen LogP contribution is -2.42. The van der Waals surface area contributed by atoms with E-state index in [0.29, 0.717) is 6.04 Å². The van der Waals surface area contributed by atoms with Crippen LogP contribution in [0.15, 0.2) is 0 Å². The van der Waals surface area contributed by atoms with Gasteiger partial charge in [-0.2, -0.15) is 0 Å². The number of carbonyl (C=O) groups is 1. The lowest BCUT2D eigenvalue weighted by Gasteiger charge is -2.20. The number of aldehydes is 1. The summed E-state index contributed by atoms with van der Waals surface area (Å²) in [4.78, 5) is 10.5. The quantitative estimate of drug-likeness (QED) is 0.488. The molecule has 0 fully saturated rings. The Morgan fingerprint density at radius 2 is 2.09 bits per heavy atom. The molecular formula is C7H16NO2P.